The predicted octanol–water partition coefficient (Wildman–Crippen LogP) is 0.716. The van der Waals surface area contributed by atoms with E-state index in [1.54, 1.807) is 0 Å². The van der Waals surface area contributed by atoms with Crippen LogP contribution in [-0.2, 0) is 10.0 Å². The highest BCUT2D eigenvalue weighted by Gasteiger charge is 2.31. The number of nitrogens with zero attached hydrogens (tertiary/aromatic N) is 3. The minimum absolute atomic E-state index is 0.0191. The number of nitriles is 1. The van der Waals surface area contributed by atoms with Gasteiger partial charge in [-0.2, -0.15) is 9.57 Å². The monoisotopic (exact) mass is 294 g/mol. The molecule has 0 bridgehead atoms. The van der Waals surface area contributed by atoms with Crippen LogP contribution < -0.4 is 5.32 Å². The molecule has 2 rings (SSSR count). The zero-order valence-electron chi connectivity index (χ0n) is 11.4. The van der Waals surface area contributed by atoms with Gasteiger partial charge in [-0.15, -0.1) is 0 Å². The summed E-state index contributed by atoms with van der Waals surface area (Å²) in [5.41, 5.74) is 0.214. The van der Waals surface area contributed by atoms with E-state index in [1.165, 1.54) is 22.6 Å². The number of rotatable bonds is 4. The first-order valence-electron chi connectivity index (χ1n) is 6.68. The first-order chi connectivity index (χ1) is 9.59. The molecule has 1 atom stereocenters. The quantitative estimate of drug-likeness (QED) is 0.884. The van der Waals surface area contributed by atoms with Crippen LogP contribution in [0.2, 0.25) is 0 Å². The Bertz CT molecular complexity index is 586. The maximum Gasteiger partial charge on any atom is 0.244 e. The number of piperidine rings is 1. The molecule has 1 aliphatic rings. The van der Waals surface area contributed by atoms with Gasteiger partial charge in [0.2, 0.25) is 10.0 Å². The van der Waals surface area contributed by atoms with Crippen LogP contribution in [0.4, 0.5) is 0 Å². The minimum atomic E-state index is -3.55. The van der Waals surface area contributed by atoms with Crippen molar-refractivity contribution in [3.8, 4) is 6.07 Å². The molecule has 7 heteroatoms. The molecule has 108 valence electrons. The summed E-state index contributed by atoms with van der Waals surface area (Å²) in [6, 6.07) is 4.74. The van der Waals surface area contributed by atoms with Gasteiger partial charge in [-0.3, -0.25) is 0 Å². The number of nitrogens with one attached hydrogen (secondary N) is 1. The highest BCUT2D eigenvalue weighted by molar-refractivity contribution is 7.89. The molecule has 1 fully saturated rings. The third-order valence-corrected chi connectivity index (χ3v) is 5.46. The Balaban J connectivity index is 2.28. The Labute approximate surface area is 119 Å². The summed E-state index contributed by atoms with van der Waals surface area (Å²) in [6.45, 7) is 3.88. The normalized spacial score (nSPS) is 19.8. The molecule has 1 unspecified atom stereocenters. The Kier molecular flexibility index (Phi) is 4.70. The van der Waals surface area contributed by atoms with Crippen molar-refractivity contribution in [3.63, 3.8) is 0 Å². The lowest BCUT2D eigenvalue weighted by Crippen LogP contribution is -2.48. The van der Waals surface area contributed by atoms with Gasteiger partial charge in [-0.05, 0) is 31.5 Å². The van der Waals surface area contributed by atoms with Gasteiger partial charge in [0.25, 0.3) is 0 Å². The highest BCUT2D eigenvalue weighted by Crippen LogP contribution is 2.20. The van der Waals surface area contributed by atoms with E-state index < -0.39 is 10.0 Å². The smallest absolute Gasteiger partial charge is 0.244 e. The number of sulfonamides is 1. The van der Waals surface area contributed by atoms with Gasteiger partial charge in [0.15, 0.2) is 0 Å². The maximum absolute atomic E-state index is 12.6. The van der Waals surface area contributed by atoms with E-state index in [-0.39, 0.29) is 16.6 Å². The maximum atomic E-state index is 12.6. The number of hydrogen-bond donors (Lipinski definition) is 1. The summed E-state index contributed by atoms with van der Waals surface area (Å²) < 4.78 is 26.8. The van der Waals surface area contributed by atoms with E-state index in [9.17, 15) is 8.42 Å². The molecule has 0 saturated carbocycles. The van der Waals surface area contributed by atoms with Gasteiger partial charge < -0.3 is 5.32 Å². The molecular weight excluding hydrogens is 276 g/mol. The van der Waals surface area contributed by atoms with Crippen molar-refractivity contribution in [2.75, 3.05) is 19.6 Å². The Morgan fingerprint density at radius 3 is 2.85 bits per heavy atom. The largest absolute Gasteiger partial charge is 0.315 e. The van der Waals surface area contributed by atoms with Crippen LogP contribution in [0.3, 0.4) is 0 Å². The second-order valence-electron chi connectivity index (χ2n) is 4.70. The third-order valence-electron chi connectivity index (χ3n) is 3.45. The molecule has 0 spiro atoms. The topological polar surface area (TPSA) is 86.1 Å². The van der Waals surface area contributed by atoms with E-state index >= 15 is 0 Å². The fraction of sp³-hybridized carbons (Fsp3) is 0.538. The van der Waals surface area contributed by atoms with Crippen molar-refractivity contribution in [2.45, 2.75) is 30.7 Å². The molecule has 1 aliphatic heterocycles. The van der Waals surface area contributed by atoms with Crippen LogP contribution in [-0.4, -0.2) is 43.4 Å². The van der Waals surface area contributed by atoms with Gasteiger partial charge in [0.1, 0.15) is 16.7 Å². The van der Waals surface area contributed by atoms with Crippen molar-refractivity contribution in [2.24, 2.45) is 0 Å². The highest BCUT2D eigenvalue weighted by atomic mass is 32.2. The number of likely N-dealkylation sites (N-methyl/N-ethyl adjacent to an activating group) is 1. The average Bonchev–Trinajstić information content (AvgIpc) is 2.49. The fourth-order valence-electron chi connectivity index (χ4n) is 2.44. The predicted molar refractivity (Wildman–Crippen MR) is 74.4 cm³/mol. The summed E-state index contributed by atoms with van der Waals surface area (Å²) in [4.78, 5) is 3.99. The second-order valence-corrected chi connectivity index (χ2v) is 6.59. The van der Waals surface area contributed by atoms with Crippen molar-refractivity contribution >= 4 is 10.0 Å². The Morgan fingerprint density at radius 2 is 2.35 bits per heavy atom. The van der Waals surface area contributed by atoms with Crippen molar-refractivity contribution in [3.05, 3.63) is 24.0 Å². The zero-order valence-corrected chi connectivity index (χ0v) is 12.2. The third kappa shape index (κ3) is 2.98. The number of aromatic nitrogens is 1. The molecule has 1 aromatic heterocycles. The minimum Gasteiger partial charge on any atom is -0.315 e. The van der Waals surface area contributed by atoms with Gasteiger partial charge >= 0.3 is 0 Å². The summed E-state index contributed by atoms with van der Waals surface area (Å²) in [5, 5.41) is 11.9. The van der Waals surface area contributed by atoms with Gasteiger partial charge in [0.05, 0.1) is 0 Å². The lowest BCUT2D eigenvalue weighted by Gasteiger charge is -2.32. The molecule has 1 saturated heterocycles. The lowest BCUT2D eigenvalue weighted by molar-refractivity contribution is 0.274. The zero-order chi connectivity index (χ0) is 14.6. The first-order valence-corrected chi connectivity index (χ1v) is 8.12. The van der Waals surface area contributed by atoms with Crippen LogP contribution in [0.1, 0.15) is 25.5 Å². The van der Waals surface area contributed by atoms with Crippen molar-refractivity contribution in [1.82, 2.24) is 14.6 Å². The van der Waals surface area contributed by atoms with Crippen LogP contribution in [0, 0.1) is 11.3 Å². The van der Waals surface area contributed by atoms with E-state index in [0.29, 0.717) is 13.1 Å². The van der Waals surface area contributed by atoms with Crippen molar-refractivity contribution < 1.29 is 8.42 Å². The fourth-order valence-corrected chi connectivity index (χ4v) is 4.05. The standard InChI is InChI=1S/C13H18N4O2S/c1-2-17(12-4-3-7-15-9-12)20(18,19)13-6-5-11(8-14)16-10-13/h5-6,10,12,15H,2-4,7,9H2,1H3. The van der Waals surface area contributed by atoms with Crippen LogP contribution in [0.15, 0.2) is 23.2 Å². The first kappa shape index (κ1) is 14.9. The molecule has 0 radical (unpaired) electrons. The van der Waals surface area contributed by atoms with Crippen LogP contribution in [0.25, 0.3) is 0 Å². The Morgan fingerprint density at radius 1 is 1.55 bits per heavy atom. The molecule has 20 heavy (non-hydrogen) atoms. The number of hydrogen-bond acceptors (Lipinski definition) is 5. The van der Waals surface area contributed by atoms with E-state index in [1.807, 2.05) is 13.0 Å². The van der Waals surface area contributed by atoms with Gasteiger partial charge in [0, 0.05) is 25.3 Å². The SMILES string of the molecule is CCN(C1CCCNC1)S(=O)(=O)c1ccc(C#N)nc1. The number of pyridine rings is 1. The van der Waals surface area contributed by atoms with E-state index in [0.717, 1.165) is 19.4 Å². The van der Waals surface area contributed by atoms with E-state index in [2.05, 4.69) is 10.3 Å². The molecular formula is C13H18N4O2S. The molecule has 0 amide bonds. The second kappa shape index (κ2) is 6.31. The van der Waals surface area contributed by atoms with Crippen LogP contribution in [0.5, 0.6) is 0 Å². The van der Waals surface area contributed by atoms with Gasteiger partial charge in [-0.1, -0.05) is 6.92 Å². The van der Waals surface area contributed by atoms with Crippen molar-refractivity contribution in [1.29, 1.82) is 5.26 Å². The van der Waals surface area contributed by atoms with E-state index in [4.69, 9.17) is 5.26 Å². The molecule has 2 heterocycles. The molecule has 0 aromatic carbocycles. The Hall–Kier alpha value is -1.49. The molecule has 1 N–H and O–H groups in total. The van der Waals surface area contributed by atoms with Gasteiger partial charge in [-0.25, -0.2) is 13.4 Å². The summed E-state index contributed by atoms with van der Waals surface area (Å²) >= 11 is 0. The lowest BCUT2D eigenvalue weighted by atomic mass is 10.1. The summed E-state index contributed by atoms with van der Waals surface area (Å²) in [5.74, 6) is 0. The average molecular weight is 294 g/mol. The van der Waals surface area contributed by atoms with Crippen LogP contribution >= 0.6 is 0 Å². The molecule has 6 nitrogen and oxygen atoms in total. The summed E-state index contributed by atoms with van der Waals surface area (Å²) in [7, 11) is -3.55. The molecule has 0 aliphatic carbocycles. The molecule has 1 aromatic rings. The summed E-state index contributed by atoms with van der Waals surface area (Å²) in [6.07, 6.45) is 3.10.